The molecule has 0 aliphatic heterocycles. The minimum absolute atomic E-state index is 0.293. The van der Waals surface area contributed by atoms with E-state index in [4.69, 9.17) is 0 Å². The lowest BCUT2D eigenvalue weighted by Crippen LogP contribution is -2.23. The highest BCUT2D eigenvalue weighted by Gasteiger charge is 2.16. The molecule has 0 fully saturated rings. The van der Waals surface area contributed by atoms with E-state index in [-0.39, 0.29) is 6.04 Å². The van der Waals surface area contributed by atoms with Gasteiger partial charge in [-0.05, 0) is 17.5 Å². The summed E-state index contributed by atoms with van der Waals surface area (Å²) in [7, 11) is 0. The van der Waals surface area contributed by atoms with Crippen molar-refractivity contribution in [3.05, 3.63) is 71.8 Å². The summed E-state index contributed by atoms with van der Waals surface area (Å²) in [5.41, 5.74) is 2.10. The van der Waals surface area contributed by atoms with Crippen molar-refractivity contribution in [2.24, 2.45) is 0 Å². The van der Waals surface area contributed by atoms with Crippen molar-refractivity contribution in [1.82, 2.24) is 5.06 Å². The summed E-state index contributed by atoms with van der Waals surface area (Å²) in [5.74, 6) is 6.47. The Kier molecular flexibility index (Phi) is 7.39. The maximum Gasteiger partial charge on any atom is 0.121 e. The SMILES string of the molecule is CCCCCC#CC(c1ccccc1)N(O)Cc1ccccc1. The quantitative estimate of drug-likeness (QED) is 0.431. The Labute approximate surface area is 139 Å². The summed E-state index contributed by atoms with van der Waals surface area (Å²) in [6, 6.07) is 19.7. The van der Waals surface area contributed by atoms with Gasteiger partial charge in [-0.15, -0.1) is 5.92 Å². The van der Waals surface area contributed by atoms with Crippen LogP contribution in [0.5, 0.6) is 0 Å². The molecule has 0 saturated carbocycles. The number of unbranched alkanes of at least 4 members (excludes halogenated alkanes) is 3. The number of benzene rings is 2. The molecule has 2 nitrogen and oxygen atoms in total. The van der Waals surface area contributed by atoms with Gasteiger partial charge in [0.1, 0.15) is 6.04 Å². The monoisotopic (exact) mass is 307 g/mol. The molecule has 0 aromatic heterocycles. The van der Waals surface area contributed by atoms with Crippen LogP contribution >= 0.6 is 0 Å². The maximum atomic E-state index is 10.5. The molecule has 1 atom stereocenters. The average Bonchev–Trinajstić information content (AvgIpc) is 2.59. The first-order chi connectivity index (χ1) is 11.3. The molecule has 2 heteroatoms. The third kappa shape index (κ3) is 5.90. The molecular formula is C21H25NO. The van der Waals surface area contributed by atoms with Crippen LogP contribution in [-0.2, 0) is 6.54 Å². The van der Waals surface area contributed by atoms with Gasteiger partial charge >= 0.3 is 0 Å². The zero-order valence-electron chi connectivity index (χ0n) is 13.8. The summed E-state index contributed by atoms with van der Waals surface area (Å²) in [6.45, 7) is 2.65. The molecule has 1 unspecified atom stereocenters. The molecule has 0 aliphatic carbocycles. The van der Waals surface area contributed by atoms with Crippen molar-refractivity contribution in [3.63, 3.8) is 0 Å². The van der Waals surface area contributed by atoms with Crippen molar-refractivity contribution in [2.75, 3.05) is 0 Å². The van der Waals surface area contributed by atoms with E-state index in [1.807, 2.05) is 60.7 Å². The third-order valence-corrected chi connectivity index (χ3v) is 3.74. The Morgan fingerprint density at radius 1 is 0.957 bits per heavy atom. The standard InChI is InChI=1S/C21H25NO/c1-2-3-4-5-12-17-21(20-15-10-7-11-16-20)22(23)18-19-13-8-6-9-14-19/h6-11,13-16,21,23H,2-5,18H2,1H3. The van der Waals surface area contributed by atoms with E-state index in [0.29, 0.717) is 6.54 Å². The van der Waals surface area contributed by atoms with Gasteiger partial charge in [0.25, 0.3) is 0 Å². The summed E-state index contributed by atoms with van der Waals surface area (Å²) < 4.78 is 0. The van der Waals surface area contributed by atoms with Gasteiger partial charge in [-0.2, -0.15) is 5.06 Å². The molecule has 2 aromatic carbocycles. The summed E-state index contributed by atoms with van der Waals surface area (Å²) in [6.07, 6.45) is 4.41. The van der Waals surface area contributed by atoms with Gasteiger partial charge in [0.15, 0.2) is 0 Å². The molecule has 120 valence electrons. The Bertz CT molecular complexity index is 613. The van der Waals surface area contributed by atoms with E-state index >= 15 is 0 Å². The lowest BCUT2D eigenvalue weighted by molar-refractivity contribution is -0.121. The molecule has 0 amide bonds. The minimum atomic E-state index is -0.293. The predicted octanol–water partition coefficient (Wildman–Crippen LogP) is 5.20. The van der Waals surface area contributed by atoms with Crippen LogP contribution in [0.4, 0.5) is 0 Å². The lowest BCUT2D eigenvalue weighted by Gasteiger charge is -2.22. The summed E-state index contributed by atoms with van der Waals surface area (Å²) >= 11 is 0. The lowest BCUT2D eigenvalue weighted by atomic mass is 10.1. The molecule has 0 spiro atoms. The summed E-state index contributed by atoms with van der Waals surface area (Å²) in [4.78, 5) is 0. The van der Waals surface area contributed by atoms with Crippen LogP contribution in [0.3, 0.4) is 0 Å². The van der Waals surface area contributed by atoms with E-state index in [1.165, 1.54) is 17.9 Å². The van der Waals surface area contributed by atoms with Gasteiger partial charge in [0, 0.05) is 6.42 Å². The maximum absolute atomic E-state index is 10.5. The van der Waals surface area contributed by atoms with Crippen LogP contribution in [0.1, 0.15) is 49.8 Å². The predicted molar refractivity (Wildman–Crippen MR) is 94.9 cm³/mol. The van der Waals surface area contributed by atoms with Crippen LogP contribution in [0.2, 0.25) is 0 Å². The number of nitrogens with zero attached hydrogens (tertiary/aromatic N) is 1. The molecule has 1 N–H and O–H groups in total. The molecule has 0 saturated heterocycles. The number of rotatable bonds is 7. The fourth-order valence-corrected chi connectivity index (χ4v) is 2.46. The van der Waals surface area contributed by atoms with Gasteiger partial charge in [0.2, 0.25) is 0 Å². The first-order valence-electron chi connectivity index (χ1n) is 8.34. The van der Waals surface area contributed by atoms with Crippen LogP contribution in [-0.4, -0.2) is 10.3 Å². The van der Waals surface area contributed by atoms with Crippen LogP contribution in [0.15, 0.2) is 60.7 Å². The van der Waals surface area contributed by atoms with E-state index in [1.54, 1.807) is 0 Å². The molecule has 0 heterocycles. The highest BCUT2D eigenvalue weighted by Crippen LogP contribution is 2.20. The average molecular weight is 307 g/mol. The van der Waals surface area contributed by atoms with Crippen molar-refractivity contribution in [3.8, 4) is 11.8 Å². The van der Waals surface area contributed by atoms with E-state index in [9.17, 15) is 5.21 Å². The summed E-state index contributed by atoms with van der Waals surface area (Å²) in [5, 5.41) is 11.9. The number of hydrogen-bond donors (Lipinski definition) is 1. The number of hydroxylamine groups is 2. The second-order valence-corrected chi connectivity index (χ2v) is 5.67. The molecule has 23 heavy (non-hydrogen) atoms. The van der Waals surface area contributed by atoms with Gasteiger partial charge in [-0.1, -0.05) is 86.3 Å². The second-order valence-electron chi connectivity index (χ2n) is 5.67. The molecule has 2 rings (SSSR count). The van der Waals surface area contributed by atoms with Crippen LogP contribution in [0, 0.1) is 11.8 Å². The Morgan fingerprint density at radius 2 is 1.61 bits per heavy atom. The fraction of sp³-hybridized carbons (Fsp3) is 0.333. The largest absolute Gasteiger partial charge is 0.312 e. The zero-order valence-corrected chi connectivity index (χ0v) is 13.8. The minimum Gasteiger partial charge on any atom is -0.312 e. The highest BCUT2D eigenvalue weighted by molar-refractivity contribution is 5.27. The van der Waals surface area contributed by atoms with Crippen molar-refractivity contribution < 1.29 is 5.21 Å². The van der Waals surface area contributed by atoms with Gasteiger partial charge in [0.05, 0.1) is 6.54 Å². The van der Waals surface area contributed by atoms with Crippen LogP contribution in [0.25, 0.3) is 0 Å². The highest BCUT2D eigenvalue weighted by atomic mass is 16.5. The normalized spacial score (nSPS) is 11.8. The Hall–Kier alpha value is -2.08. The molecule has 0 radical (unpaired) electrons. The van der Waals surface area contributed by atoms with Gasteiger partial charge < -0.3 is 5.21 Å². The molecule has 0 aliphatic rings. The number of hydrogen-bond acceptors (Lipinski definition) is 2. The first kappa shape index (κ1) is 17.3. The zero-order chi connectivity index (χ0) is 16.3. The molecule has 0 bridgehead atoms. The first-order valence-corrected chi connectivity index (χ1v) is 8.34. The van der Waals surface area contributed by atoms with Gasteiger partial charge in [-0.3, -0.25) is 0 Å². The van der Waals surface area contributed by atoms with Gasteiger partial charge in [-0.25, -0.2) is 0 Å². The van der Waals surface area contributed by atoms with Crippen molar-refractivity contribution in [2.45, 2.75) is 45.2 Å². The smallest absolute Gasteiger partial charge is 0.121 e. The Morgan fingerprint density at radius 3 is 2.26 bits per heavy atom. The Balaban J connectivity index is 2.09. The van der Waals surface area contributed by atoms with E-state index in [0.717, 1.165) is 24.0 Å². The van der Waals surface area contributed by atoms with Crippen molar-refractivity contribution >= 4 is 0 Å². The third-order valence-electron chi connectivity index (χ3n) is 3.74. The molecule has 2 aromatic rings. The topological polar surface area (TPSA) is 23.5 Å². The van der Waals surface area contributed by atoms with E-state index in [2.05, 4.69) is 18.8 Å². The van der Waals surface area contributed by atoms with E-state index < -0.39 is 0 Å². The second kappa shape index (κ2) is 9.84. The van der Waals surface area contributed by atoms with Crippen LogP contribution < -0.4 is 0 Å². The fourth-order valence-electron chi connectivity index (χ4n) is 2.46. The van der Waals surface area contributed by atoms with Crippen molar-refractivity contribution in [1.29, 1.82) is 0 Å². The molecular weight excluding hydrogens is 282 g/mol.